The highest BCUT2D eigenvalue weighted by Crippen LogP contribution is 2.23. The lowest BCUT2D eigenvalue weighted by Crippen LogP contribution is -2.09. The van der Waals surface area contributed by atoms with Crippen molar-refractivity contribution < 1.29 is 14.3 Å². The fourth-order valence-electron chi connectivity index (χ4n) is 1.35. The van der Waals surface area contributed by atoms with Crippen LogP contribution in [0.15, 0.2) is 17.2 Å². The van der Waals surface area contributed by atoms with Crippen molar-refractivity contribution in [2.24, 2.45) is 0 Å². The molecule has 0 aliphatic rings. The molecule has 0 aliphatic carbocycles. The van der Waals surface area contributed by atoms with E-state index in [9.17, 15) is 4.79 Å². The summed E-state index contributed by atoms with van der Waals surface area (Å²) in [6.45, 7) is 4.66. The second-order valence-corrected chi connectivity index (χ2v) is 4.58. The Morgan fingerprint density at radius 1 is 1.47 bits per heavy atom. The van der Waals surface area contributed by atoms with Crippen LogP contribution in [0.3, 0.4) is 0 Å². The summed E-state index contributed by atoms with van der Waals surface area (Å²) in [6.07, 6.45) is 1.65. The number of nitrogens with zero attached hydrogens (tertiary/aromatic N) is 1. The number of methoxy groups -OCH3 is 1. The van der Waals surface area contributed by atoms with E-state index in [1.54, 1.807) is 32.0 Å². The molecule has 0 saturated carbocycles. The molecule has 1 aromatic heterocycles. The fourth-order valence-corrected chi connectivity index (χ4v) is 2.17. The van der Waals surface area contributed by atoms with Gasteiger partial charge in [-0.25, -0.2) is 9.78 Å². The molecule has 1 aromatic rings. The zero-order valence-corrected chi connectivity index (χ0v) is 11.2. The molecule has 0 bridgehead atoms. The van der Waals surface area contributed by atoms with Gasteiger partial charge in [0.15, 0.2) is 5.69 Å². The zero-order chi connectivity index (χ0) is 12.7. The van der Waals surface area contributed by atoms with Gasteiger partial charge in [-0.1, -0.05) is 6.92 Å². The molecule has 94 valence electrons. The van der Waals surface area contributed by atoms with Crippen LogP contribution < -0.4 is 0 Å². The van der Waals surface area contributed by atoms with Crippen LogP contribution >= 0.6 is 11.8 Å². The number of esters is 1. The second-order valence-electron chi connectivity index (χ2n) is 3.28. The summed E-state index contributed by atoms with van der Waals surface area (Å²) in [5.41, 5.74) is 1.34. The molecular formula is C12H17NO3S. The van der Waals surface area contributed by atoms with Crippen molar-refractivity contribution in [1.29, 1.82) is 0 Å². The minimum Gasteiger partial charge on any atom is -0.461 e. The van der Waals surface area contributed by atoms with Gasteiger partial charge >= 0.3 is 5.97 Å². The Balaban J connectivity index is 2.98. The number of pyridine rings is 1. The van der Waals surface area contributed by atoms with Gasteiger partial charge in [0.25, 0.3) is 0 Å². The van der Waals surface area contributed by atoms with Crippen molar-refractivity contribution >= 4 is 17.7 Å². The third kappa shape index (κ3) is 4.02. The highest BCUT2D eigenvalue weighted by molar-refractivity contribution is 7.99. The van der Waals surface area contributed by atoms with E-state index >= 15 is 0 Å². The average Bonchev–Trinajstić information content (AvgIpc) is 2.30. The van der Waals surface area contributed by atoms with Crippen molar-refractivity contribution in [1.82, 2.24) is 4.98 Å². The average molecular weight is 255 g/mol. The third-order valence-corrected chi connectivity index (χ3v) is 2.90. The van der Waals surface area contributed by atoms with Gasteiger partial charge in [-0.15, -0.1) is 11.8 Å². The maximum absolute atomic E-state index is 11.7. The lowest BCUT2D eigenvalue weighted by molar-refractivity contribution is 0.0515. The van der Waals surface area contributed by atoms with Crippen LogP contribution in [0.25, 0.3) is 0 Å². The smallest absolute Gasteiger partial charge is 0.358 e. The Kier molecular flexibility index (Phi) is 6.00. The Morgan fingerprint density at radius 2 is 2.24 bits per heavy atom. The van der Waals surface area contributed by atoms with Crippen LogP contribution in [0.4, 0.5) is 0 Å². The summed E-state index contributed by atoms with van der Waals surface area (Å²) >= 11 is 1.58. The minimum atomic E-state index is -0.368. The van der Waals surface area contributed by atoms with Crippen LogP contribution in [0.5, 0.6) is 0 Å². The number of hydrogen-bond acceptors (Lipinski definition) is 5. The summed E-state index contributed by atoms with van der Waals surface area (Å²) < 4.78 is 10.0. The molecule has 1 heterocycles. The number of carbonyl (C=O) groups is 1. The molecule has 0 aliphatic heterocycles. The SMILES string of the molecule is CCOC(=O)c1ncc(COC)cc1SCC. The summed E-state index contributed by atoms with van der Waals surface area (Å²) in [4.78, 5) is 16.7. The van der Waals surface area contributed by atoms with Gasteiger partial charge in [-0.2, -0.15) is 0 Å². The molecule has 0 fully saturated rings. The van der Waals surface area contributed by atoms with Crippen LogP contribution in [0.1, 0.15) is 29.9 Å². The van der Waals surface area contributed by atoms with Crippen molar-refractivity contribution in [2.75, 3.05) is 19.5 Å². The Morgan fingerprint density at radius 3 is 2.82 bits per heavy atom. The van der Waals surface area contributed by atoms with Crippen LogP contribution in [0.2, 0.25) is 0 Å². The number of aromatic nitrogens is 1. The summed E-state index contributed by atoms with van der Waals surface area (Å²) in [5, 5.41) is 0. The van der Waals surface area contributed by atoms with Gasteiger partial charge in [0.05, 0.1) is 13.2 Å². The number of carbonyl (C=O) groups excluding carboxylic acids is 1. The van der Waals surface area contributed by atoms with E-state index in [0.717, 1.165) is 16.2 Å². The van der Waals surface area contributed by atoms with Gasteiger partial charge in [0, 0.05) is 18.2 Å². The molecule has 0 radical (unpaired) electrons. The maximum atomic E-state index is 11.7. The molecule has 0 amide bonds. The highest BCUT2D eigenvalue weighted by Gasteiger charge is 2.15. The van der Waals surface area contributed by atoms with Crippen molar-refractivity contribution in [2.45, 2.75) is 25.3 Å². The molecule has 0 N–H and O–H groups in total. The van der Waals surface area contributed by atoms with E-state index in [2.05, 4.69) is 4.98 Å². The molecule has 5 heteroatoms. The van der Waals surface area contributed by atoms with E-state index in [-0.39, 0.29) is 5.97 Å². The van der Waals surface area contributed by atoms with Crippen molar-refractivity contribution in [3.63, 3.8) is 0 Å². The number of hydrogen-bond donors (Lipinski definition) is 0. The Bertz CT molecular complexity index is 382. The first-order valence-electron chi connectivity index (χ1n) is 5.50. The summed E-state index contributed by atoms with van der Waals surface area (Å²) in [6, 6.07) is 1.93. The monoisotopic (exact) mass is 255 g/mol. The van der Waals surface area contributed by atoms with Crippen LogP contribution in [0, 0.1) is 0 Å². The molecule has 17 heavy (non-hydrogen) atoms. The highest BCUT2D eigenvalue weighted by atomic mass is 32.2. The molecule has 0 saturated heterocycles. The van der Waals surface area contributed by atoms with Gasteiger partial charge in [0.1, 0.15) is 0 Å². The fraction of sp³-hybridized carbons (Fsp3) is 0.500. The minimum absolute atomic E-state index is 0.358. The quantitative estimate of drug-likeness (QED) is 0.577. The Labute approximate surface area is 106 Å². The predicted molar refractivity (Wildman–Crippen MR) is 67.3 cm³/mol. The van der Waals surface area contributed by atoms with Gasteiger partial charge < -0.3 is 9.47 Å². The molecule has 0 spiro atoms. The first kappa shape index (κ1) is 14.0. The normalized spacial score (nSPS) is 10.3. The summed E-state index contributed by atoms with van der Waals surface area (Å²) in [5.74, 6) is 0.511. The molecule has 1 rings (SSSR count). The lowest BCUT2D eigenvalue weighted by Gasteiger charge is -2.08. The largest absolute Gasteiger partial charge is 0.461 e. The van der Waals surface area contributed by atoms with Gasteiger partial charge in [0.2, 0.25) is 0 Å². The third-order valence-electron chi connectivity index (χ3n) is 1.99. The Hall–Kier alpha value is -1.07. The molecule has 0 atom stereocenters. The first-order chi connectivity index (χ1) is 8.22. The number of thioether (sulfide) groups is 1. The number of rotatable bonds is 6. The number of ether oxygens (including phenoxy) is 2. The summed E-state index contributed by atoms with van der Waals surface area (Å²) in [7, 11) is 1.63. The van der Waals surface area contributed by atoms with E-state index < -0.39 is 0 Å². The van der Waals surface area contributed by atoms with Crippen molar-refractivity contribution in [3.8, 4) is 0 Å². The van der Waals surface area contributed by atoms with Crippen LogP contribution in [-0.2, 0) is 16.1 Å². The van der Waals surface area contributed by atoms with E-state index in [1.165, 1.54) is 0 Å². The van der Waals surface area contributed by atoms with E-state index in [0.29, 0.717) is 18.9 Å². The van der Waals surface area contributed by atoms with Gasteiger partial charge in [-0.05, 0) is 24.3 Å². The second kappa shape index (κ2) is 7.29. The van der Waals surface area contributed by atoms with Gasteiger partial charge in [-0.3, -0.25) is 0 Å². The van der Waals surface area contributed by atoms with Crippen molar-refractivity contribution in [3.05, 3.63) is 23.5 Å². The van der Waals surface area contributed by atoms with Crippen LogP contribution in [-0.4, -0.2) is 30.4 Å². The lowest BCUT2D eigenvalue weighted by atomic mass is 10.2. The molecule has 4 nitrogen and oxygen atoms in total. The first-order valence-corrected chi connectivity index (χ1v) is 6.49. The van der Waals surface area contributed by atoms with E-state index in [4.69, 9.17) is 9.47 Å². The maximum Gasteiger partial charge on any atom is 0.358 e. The molecule has 0 aromatic carbocycles. The molecule has 0 unspecified atom stereocenters. The topological polar surface area (TPSA) is 48.4 Å². The molecular weight excluding hydrogens is 238 g/mol. The standard InChI is InChI=1S/C12H17NO3S/c1-4-16-12(14)11-10(17-5-2)6-9(7-13-11)8-15-3/h6-7H,4-5,8H2,1-3H3. The zero-order valence-electron chi connectivity index (χ0n) is 10.4. The predicted octanol–water partition coefficient (Wildman–Crippen LogP) is 2.52. The van der Waals surface area contributed by atoms with E-state index in [1.807, 2.05) is 13.0 Å².